The fraction of sp³-hybridized carbons (Fsp3) is 0.300. The topological polar surface area (TPSA) is 37.3 Å². The summed E-state index contributed by atoms with van der Waals surface area (Å²) in [7, 11) is 0. The van der Waals surface area contributed by atoms with Gasteiger partial charge in [0, 0.05) is 0 Å². The Kier molecular flexibility index (Phi) is 6.90. The van der Waals surface area contributed by atoms with Crippen LogP contribution in [0.3, 0.4) is 0 Å². The number of benzene rings is 1. The van der Waals surface area contributed by atoms with Crippen molar-refractivity contribution in [2.24, 2.45) is 0 Å². The Morgan fingerprint density at radius 2 is 2.00 bits per heavy atom. The molecule has 0 aliphatic rings. The van der Waals surface area contributed by atoms with Gasteiger partial charge in [-0.2, -0.15) is 0 Å². The van der Waals surface area contributed by atoms with Gasteiger partial charge < -0.3 is 6.53 Å². The summed E-state index contributed by atoms with van der Waals surface area (Å²) in [5.41, 5.74) is 1.08. The van der Waals surface area contributed by atoms with Crippen molar-refractivity contribution < 1.29 is 62.7 Å². The van der Waals surface area contributed by atoms with E-state index in [1.165, 1.54) is 0 Å². The predicted molar refractivity (Wildman–Crippen MR) is 48.2 cm³/mol. The number of rotatable bonds is 3. The van der Waals surface area contributed by atoms with Crippen LogP contribution in [0.1, 0.15) is 26.3 Å². The molecule has 0 aliphatic heterocycles. The molecule has 1 aromatic carbocycles. The molecule has 0 radical (unpaired) electrons. The van der Waals surface area contributed by atoms with E-state index in [1.807, 2.05) is 37.3 Å². The van der Waals surface area contributed by atoms with E-state index in [-0.39, 0.29) is 65.1 Å². The van der Waals surface area contributed by atoms with Crippen molar-refractivity contribution in [2.75, 3.05) is 0 Å². The number of carboxylic acids is 1. The Bertz CT molecular complexity index is 264. The molecule has 1 unspecified atom stereocenters. The second-order valence-corrected chi connectivity index (χ2v) is 2.91. The van der Waals surface area contributed by atoms with E-state index in [0.717, 1.165) is 5.56 Å². The van der Waals surface area contributed by atoms with Crippen LogP contribution in [0.2, 0.25) is 0 Å². The molecule has 2 nitrogen and oxygen atoms in total. The van der Waals surface area contributed by atoms with Gasteiger partial charge in [0.25, 0.3) is 0 Å². The summed E-state index contributed by atoms with van der Waals surface area (Å²) in [4.78, 5) is 10.4. The minimum atomic E-state index is -0.744. The first-order valence-corrected chi connectivity index (χ1v) is 3.97. The Morgan fingerprint density at radius 1 is 1.46 bits per heavy atom. The molecule has 0 spiro atoms. The van der Waals surface area contributed by atoms with E-state index in [1.54, 1.807) is 0 Å². The van der Waals surface area contributed by atoms with E-state index in [0.29, 0.717) is 0 Å². The van der Waals surface area contributed by atoms with Crippen molar-refractivity contribution in [2.45, 2.75) is 19.3 Å². The first-order chi connectivity index (χ1) is 5.70. The van der Waals surface area contributed by atoms with Crippen LogP contribution in [0, 0.1) is 0 Å². The molecule has 13 heavy (non-hydrogen) atoms. The van der Waals surface area contributed by atoms with Crippen LogP contribution in [0.15, 0.2) is 30.3 Å². The smallest absolute Gasteiger partial charge is 1.00 e. The summed E-state index contributed by atoms with van der Waals surface area (Å²) in [5.74, 6) is -0.643. The summed E-state index contributed by atoms with van der Waals surface area (Å²) in [5, 5.41) is 8.55. The Labute approximate surface area is 122 Å². The van der Waals surface area contributed by atoms with Gasteiger partial charge in [0.15, 0.2) is 0 Å². The van der Waals surface area contributed by atoms with Gasteiger partial charge in [-0.1, -0.05) is 37.3 Å². The van der Waals surface area contributed by atoms with Crippen molar-refractivity contribution >= 4 is 5.97 Å². The third-order valence-electron chi connectivity index (χ3n) is 1.85. The number of carboxylic acid groups (broad SMARTS) is 1. The quantitative estimate of drug-likeness (QED) is 0.666. The second-order valence-electron chi connectivity index (χ2n) is 2.91. The summed E-state index contributed by atoms with van der Waals surface area (Å²) in [6.45, 7) is 1.92. The van der Waals surface area contributed by atoms with Crippen molar-refractivity contribution in [3.63, 3.8) is 0 Å². The van der Waals surface area contributed by atoms with Crippen LogP contribution < -0.4 is 51.4 Å². The zero-order valence-corrected chi connectivity index (χ0v) is 11.1. The Balaban J connectivity index is 0. The fourth-order valence-corrected chi connectivity index (χ4v) is 1.16. The van der Waals surface area contributed by atoms with Gasteiger partial charge >= 0.3 is 57.4 Å². The standard InChI is InChI=1S/C10H12O2.K.H/c1-8(7-10(11)12)9-5-3-2-4-6-9;;/h2-6,8H,7H2,1H3,(H,11,12);;/q;+1;-1. The maximum Gasteiger partial charge on any atom is 1.00 e. The molecule has 0 amide bonds. The summed E-state index contributed by atoms with van der Waals surface area (Å²) >= 11 is 0. The molecule has 1 aromatic rings. The summed E-state index contributed by atoms with van der Waals surface area (Å²) < 4.78 is 0. The van der Waals surface area contributed by atoms with E-state index < -0.39 is 5.97 Å². The SMILES string of the molecule is CC(CC(=O)O)c1ccccc1.[H-].[K+]. The number of carbonyl (C=O) groups is 1. The number of hydrogen-bond donors (Lipinski definition) is 1. The molecule has 0 saturated heterocycles. The van der Waals surface area contributed by atoms with E-state index >= 15 is 0 Å². The van der Waals surface area contributed by atoms with Crippen molar-refractivity contribution in [3.05, 3.63) is 35.9 Å². The molecule has 66 valence electrons. The Morgan fingerprint density at radius 3 is 2.46 bits per heavy atom. The van der Waals surface area contributed by atoms with Gasteiger partial charge in [0.2, 0.25) is 0 Å². The van der Waals surface area contributed by atoms with E-state index in [2.05, 4.69) is 0 Å². The molecule has 0 saturated carbocycles. The normalized spacial score (nSPS) is 11.5. The van der Waals surface area contributed by atoms with Gasteiger partial charge in [-0.3, -0.25) is 4.79 Å². The van der Waals surface area contributed by atoms with Crippen molar-refractivity contribution in [1.82, 2.24) is 0 Å². The largest absolute Gasteiger partial charge is 1.00 e. The first kappa shape index (κ1) is 13.3. The molecule has 0 fully saturated rings. The van der Waals surface area contributed by atoms with Gasteiger partial charge in [0.05, 0.1) is 6.42 Å². The first-order valence-electron chi connectivity index (χ1n) is 3.97. The molecular formula is C10H13KO2. The minimum Gasteiger partial charge on any atom is -1.00 e. The van der Waals surface area contributed by atoms with Gasteiger partial charge in [-0.25, -0.2) is 0 Å². The van der Waals surface area contributed by atoms with Crippen molar-refractivity contribution in [1.29, 1.82) is 0 Å². The summed E-state index contributed by atoms with van der Waals surface area (Å²) in [6, 6.07) is 9.68. The maximum atomic E-state index is 10.4. The monoisotopic (exact) mass is 204 g/mol. The molecular weight excluding hydrogens is 191 g/mol. The molecule has 3 heteroatoms. The molecule has 0 aliphatic carbocycles. The molecule has 1 rings (SSSR count). The van der Waals surface area contributed by atoms with Gasteiger partial charge in [0.1, 0.15) is 0 Å². The average molecular weight is 204 g/mol. The van der Waals surface area contributed by atoms with Crippen LogP contribution in [0.5, 0.6) is 0 Å². The van der Waals surface area contributed by atoms with E-state index in [4.69, 9.17) is 5.11 Å². The zero-order chi connectivity index (χ0) is 8.97. The number of hydrogen-bond acceptors (Lipinski definition) is 1. The Hall–Kier alpha value is 0.326. The fourth-order valence-electron chi connectivity index (χ4n) is 1.16. The molecule has 1 atom stereocenters. The average Bonchev–Trinajstić information content (AvgIpc) is 2.05. The van der Waals surface area contributed by atoms with Crippen LogP contribution in [0.4, 0.5) is 0 Å². The molecule has 0 aromatic heterocycles. The third-order valence-corrected chi connectivity index (χ3v) is 1.85. The van der Waals surface area contributed by atoms with Crippen molar-refractivity contribution in [3.8, 4) is 0 Å². The number of aliphatic carboxylic acids is 1. The van der Waals surface area contributed by atoms with Crippen LogP contribution >= 0.6 is 0 Å². The zero-order valence-electron chi connectivity index (χ0n) is 9.03. The van der Waals surface area contributed by atoms with Crippen LogP contribution in [-0.2, 0) is 4.79 Å². The maximum absolute atomic E-state index is 10.4. The molecule has 0 bridgehead atoms. The molecule has 1 N–H and O–H groups in total. The third kappa shape index (κ3) is 4.93. The van der Waals surface area contributed by atoms with Gasteiger partial charge in [-0.05, 0) is 11.5 Å². The molecule has 0 heterocycles. The predicted octanol–water partition coefficient (Wildman–Crippen LogP) is -0.619. The van der Waals surface area contributed by atoms with Crippen LogP contribution in [-0.4, -0.2) is 11.1 Å². The second kappa shape index (κ2) is 6.73. The summed E-state index contributed by atoms with van der Waals surface area (Å²) in [6.07, 6.45) is 0.198. The van der Waals surface area contributed by atoms with Gasteiger partial charge in [-0.15, -0.1) is 0 Å². The minimum absolute atomic E-state index is 0. The van der Waals surface area contributed by atoms with E-state index in [9.17, 15) is 4.79 Å². The van der Waals surface area contributed by atoms with Crippen LogP contribution in [0.25, 0.3) is 0 Å².